The van der Waals surface area contributed by atoms with Crippen LogP contribution in [0.3, 0.4) is 0 Å². The molecule has 2 aromatic carbocycles. The average molecular weight is 395 g/mol. The van der Waals surface area contributed by atoms with Crippen molar-refractivity contribution in [2.45, 2.75) is 13.0 Å². The first-order chi connectivity index (χ1) is 13.4. The molecule has 3 aromatic rings. The second-order valence-electron chi connectivity index (χ2n) is 6.51. The van der Waals surface area contributed by atoms with Crippen molar-refractivity contribution >= 4 is 34.3 Å². The number of rotatable bonds is 3. The summed E-state index contributed by atoms with van der Waals surface area (Å²) in [6.07, 6.45) is 0. The zero-order valence-corrected chi connectivity index (χ0v) is 15.8. The summed E-state index contributed by atoms with van der Waals surface area (Å²) in [5.74, 6) is -0.524. The van der Waals surface area contributed by atoms with E-state index in [1.54, 1.807) is 13.0 Å². The molecule has 0 radical (unpaired) electrons. The van der Waals surface area contributed by atoms with Gasteiger partial charge in [-0.25, -0.2) is 14.2 Å². The van der Waals surface area contributed by atoms with Crippen LogP contribution in [0.1, 0.15) is 23.5 Å². The van der Waals surface area contributed by atoms with Crippen LogP contribution in [0.5, 0.6) is 0 Å². The number of benzene rings is 2. The molecule has 0 fully saturated rings. The van der Waals surface area contributed by atoms with Gasteiger partial charge in [0.2, 0.25) is 0 Å². The molecule has 6 N–H and O–H groups in total. The van der Waals surface area contributed by atoms with E-state index >= 15 is 0 Å². The van der Waals surface area contributed by atoms with E-state index < -0.39 is 11.9 Å². The number of nitrogens with two attached hydrogens (primary N) is 2. The van der Waals surface area contributed by atoms with E-state index in [4.69, 9.17) is 16.5 Å². The maximum absolute atomic E-state index is 14.0. The van der Waals surface area contributed by atoms with Crippen LogP contribution in [-0.4, -0.2) is 11.0 Å². The Bertz CT molecular complexity index is 1090. The molecular formula is C20H18FN5OS. The van der Waals surface area contributed by atoms with E-state index in [0.29, 0.717) is 16.9 Å². The molecule has 4 rings (SSSR count). The molecule has 6 nitrogen and oxygen atoms in total. The van der Waals surface area contributed by atoms with Crippen LogP contribution in [0.2, 0.25) is 0 Å². The van der Waals surface area contributed by atoms with Gasteiger partial charge < -0.3 is 22.1 Å². The number of allylic oxidation sites excluding steroid dienone is 1. The molecule has 0 spiro atoms. The molecule has 0 saturated carbocycles. The summed E-state index contributed by atoms with van der Waals surface area (Å²) < 4.78 is 14.0. The number of nitrogen functional groups attached to an aromatic ring is 2. The van der Waals surface area contributed by atoms with E-state index in [1.165, 1.54) is 23.5 Å². The normalized spacial score (nSPS) is 16.6. The topological polar surface area (TPSA) is 106 Å². The summed E-state index contributed by atoms with van der Waals surface area (Å²) in [5.41, 5.74) is 15.9. The Balaban J connectivity index is 1.77. The second-order valence-corrected chi connectivity index (χ2v) is 7.37. The van der Waals surface area contributed by atoms with Crippen molar-refractivity contribution in [1.82, 2.24) is 15.6 Å². The van der Waals surface area contributed by atoms with E-state index in [-0.39, 0.29) is 11.7 Å². The minimum Gasteiger partial charge on any atom is -0.399 e. The first-order valence-corrected chi connectivity index (χ1v) is 9.45. The Labute approximate surface area is 165 Å². The summed E-state index contributed by atoms with van der Waals surface area (Å²) in [4.78, 5) is 16.8. The molecular weight excluding hydrogens is 377 g/mol. The Morgan fingerprint density at radius 1 is 1.14 bits per heavy atom. The Morgan fingerprint density at radius 3 is 2.61 bits per heavy atom. The summed E-state index contributed by atoms with van der Waals surface area (Å²) in [7, 11) is 0. The molecule has 0 saturated heterocycles. The predicted molar refractivity (Wildman–Crippen MR) is 110 cm³/mol. The molecule has 8 heteroatoms. The maximum atomic E-state index is 14.0. The number of nitrogens with one attached hydrogen (secondary N) is 2. The van der Waals surface area contributed by atoms with Crippen LogP contribution in [0, 0.1) is 5.82 Å². The first kappa shape index (κ1) is 18.0. The fourth-order valence-corrected chi connectivity index (χ4v) is 4.10. The lowest BCUT2D eigenvalue weighted by molar-refractivity contribution is 0.240. The van der Waals surface area contributed by atoms with Gasteiger partial charge in [0.15, 0.2) is 0 Å². The van der Waals surface area contributed by atoms with Gasteiger partial charge in [-0.2, -0.15) is 0 Å². The van der Waals surface area contributed by atoms with Crippen LogP contribution in [0.25, 0.3) is 16.8 Å². The SMILES string of the molecule is CC1=C(c2nc(-c3ccc(N)cc3)cs2)C(c2ccc(N)c(F)c2)NC(=O)N1. The predicted octanol–water partition coefficient (Wildman–Crippen LogP) is 3.90. The molecule has 1 aliphatic rings. The largest absolute Gasteiger partial charge is 0.399 e. The lowest BCUT2D eigenvalue weighted by atomic mass is 9.95. The van der Waals surface area contributed by atoms with E-state index in [2.05, 4.69) is 10.6 Å². The molecule has 0 aliphatic carbocycles. The van der Waals surface area contributed by atoms with Crippen LogP contribution < -0.4 is 22.1 Å². The third kappa shape index (κ3) is 3.29. The number of amides is 2. The number of halogens is 1. The van der Waals surface area contributed by atoms with Gasteiger partial charge in [-0.05, 0) is 36.8 Å². The number of aromatic nitrogens is 1. The van der Waals surface area contributed by atoms with Crippen molar-refractivity contribution in [1.29, 1.82) is 0 Å². The Kier molecular flexibility index (Phi) is 4.48. The number of urea groups is 1. The van der Waals surface area contributed by atoms with Gasteiger partial charge in [0, 0.05) is 27.9 Å². The summed E-state index contributed by atoms with van der Waals surface area (Å²) in [5, 5.41) is 8.30. The zero-order valence-electron chi connectivity index (χ0n) is 15.0. The Hall–Kier alpha value is -3.39. The lowest BCUT2D eigenvalue weighted by Gasteiger charge is -2.28. The van der Waals surface area contributed by atoms with Crippen LogP contribution >= 0.6 is 11.3 Å². The van der Waals surface area contributed by atoms with Gasteiger partial charge in [-0.15, -0.1) is 11.3 Å². The van der Waals surface area contributed by atoms with Gasteiger partial charge in [0.25, 0.3) is 0 Å². The minimum atomic E-state index is -0.533. The van der Waals surface area contributed by atoms with E-state index in [1.807, 2.05) is 29.6 Å². The monoisotopic (exact) mass is 395 g/mol. The molecule has 1 aliphatic heterocycles. The number of hydrogen-bond acceptors (Lipinski definition) is 5. The van der Waals surface area contributed by atoms with E-state index in [0.717, 1.165) is 21.8 Å². The first-order valence-electron chi connectivity index (χ1n) is 8.57. The molecule has 1 unspecified atom stereocenters. The lowest BCUT2D eigenvalue weighted by Crippen LogP contribution is -2.42. The van der Waals surface area contributed by atoms with Crippen molar-refractivity contribution in [3.05, 3.63) is 69.9 Å². The highest BCUT2D eigenvalue weighted by Gasteiger charge is 2.30. The molecule has 142 valence electrons. The number of carbonyl (C=O) groups is 1. The summed E-state index contributed by atoms with van der Waals surface area (Å²) in [6.45, 7) is 1.80. The molecule has 28 heavy (non-hydrogen) atoms. The number of thiazole rings is 1. The van der Waals surface area contributed by atoms with Crippen molar-refractivity contribution in [2.75, 3.05) is 11.5 Å². The van der Waals surface area contributed by atoms with Crippen molar-refractivity contribution in [3.8, 4) is 11.3 Å². The van der Waals surface area contributed by atoms with Crippen LogP contribution in [0.15, 0.2) is 53.5 Å². The highest BCUT2D eigenvalue weighted by Crippen LogP contribution is 2.37. The highest BCUT2D eigenvalue weighted by atomic mass is 32.1. The summed E-state index contributed by atoms with van der Waals surface area (Å²) in [6, 6.07) is 11.1. The zero-order chi connectivity index (χ0) is 19.8. The third-order valence-corrected chi connectivity index (χ3v) is 5.44. The third-order valence-electron chi connectivity index (χ3n) is 4.57. The highest BCUT2D eigenvalue weighted by molar-refractivity contribution is 7.11. The van der Waals surface area contributed by atoms with Crippen molar-refractivity contribution in [2.24, 2.45) is 0 Å². The molecule has 1 atom stereocenters. The van der Waals surface area contributed by atoms with Crippen LogP contribution in [0.4, 0.5) is 20.6 Å². The number of hydrogen-bond donors (Lipinski definition) is 4. The van der Waals surface area contributed by atoms with Gasteiger partial charge in [-0.1, -0.05) is 18.2 Å². The maximum Gasteiger partial charge on any atom is 0.319 e. The van der Waals surface area contributed by atoms with Gasteiger partial charge in [-0.3, -0.25) is 0 Å². The fourth-order valence-electron chi connectivity index (χ4n) is 3.13. The Morgan fingerprint density at radius 2 is 1.89 bits per heavy atom. The molecule has 1 aromatic heterocycles. The second kappa shape index (κ2) is 6.97. The fraction of sp³-hybridized carbons (Fsp3) is 0.100. The number of anilines is 2. The number of carbonyl (C=O) groups excluding carboxylic acids is 1. The standard InChI is InChI=1S/C20H18FN5OS/c1-10-17(19-25-16(9-28-19)11-2-5-13(22)6-3-11)18(26-20(27)24-10)12-4-7-15(23)14(21)8-12/h2-9,18H,22-23H2,1H3,(H2,24,26,27). The number of nitrogens with zero attached hydrogens (tertiary/aromatic N) is 1. The molecule has 2 heterocycles. The van der Waals surface area contributed by atoms with Crippen molar-refractivity contribution < 1.29 is 9.18 Å². The molecule has 0 bridgehead atoms. The average Bonchev–Trinajstić information content (AvgIpc) is 3.13. The summed E-state index contributed by atoms with van der Waals surface area (Å²) >= 11 is 1.46. The van der Waals surface area contributed by atoms with Gasteiger partial charge in [0.1, 0.15) is 10.8 Å². The smallest absolute Gasteiger partial charge is 0.319 e. The van der Waals surface area contributed by atoms with Crippen LogP contribution in [-0.2, 0) is 0 Å². The molecule has 2 amide bonds. The van der Waals surface area contributed by atoms with Gasteiger partial charge >= 0.3 is 6.03 Å². The quantitative estimate of drug-likeness (QED) is 0.505. The minimum absolute atomic E-state index is 0.0612. The van der Waals surface area contributed by atoms with Crippen molar-refractivity contribution in [3.63, 3.8) is 0 Å². The van der Waals surface area contributed by atoms with Gasteiger partial charge in [0.05, 0.1) is 17.4 Å². The van der Waals surface area contributed by atoms with E-state index in [9.17, 15) is 9.18 Å².